The molecule has 2 aromatic heterocycles. The second-order valence-corrected chi connectivity index (χ2v) is 7.16. The quantitative estimate of drug-likeness (QED) is 0.648. The van der Waals surface area contributed by atoms with Crippen molar-refractivity contribution in [1.82, 2.24) is 19.5 Å². The van der Waals surface area contributed by atoms with Crippen LogP contribution in [0.25, 0.3) is 11.2 Å². The Morgan fingerprint density at radius 2 is 1.86 bits per heavy atom. The van der Waals surface area contributed by atoms with Crippen LogP contribution in [-0.2, 0) is 11.3 Å². The topological polar surface area (TPSA) is 94.0 Å². The number of amides is 1. The smallest absolute Gasteiger partial charge is 0.233 e. The number of imidazole rings is 1. The maximum Gasteiger partial charge on any atom is 0.233 e. The average Bonchev–Trinajstić information content (AvgIpc) is 3.10. The lowest BCUT2D eigenvalue weighted by atomic mass is 10.2. The predicted molar refractivity (Wildman–Crippen MR) is 109 cm³/mol. The molecule has 0 atom stereocenters. The number of methoxy groups -OCH3 is 1. The first-order chi connectivity index (χ1) is 13.4. The van der Waals surface area contributed by atoms with Gasteiger partial charge in [-0.15, -0.1) is 0 Å². The van der Waals surface area contributed by atoms with Crippen LogP contribution in [0, 0.1) is 5.92 Å². The number of hydrogen-bond acceptors (Lipinski definition) is 6. The van der Waals surface area contributed by atoms with E-state index in [1.165, 1.54) is 0 Å². The van der Waals surface area contributed by atoms with Gasteiger partial charge in [-0.1, -0.05) is 26.0 Å². The molecule has 0 aliphatic rings. The third-order valence-corrected chi connectivity index (χ3v) is 4.36. The molecule has 2 N–H and O–H groups in total. The average molecular weight is 382 g/mol. The van der Waals surface area contributed by atoms with E-state index < -0.39 is 0 Å². The Hall–Kier alpha value is -3.16. The standard InChI is InChI=1S/C20H26N6O2/c1-12(2)19(27)25-20-23-17(16-18(24-20)26(11-22-16)13(3)4)21-10-14-6-8-15(28-5)9-7-14/h6-9,11-13H,10H2,1-5H3,(H2,21,23,24,25,27). The summed E-state index contributed by atoms with van der Waals surface area (Å²) in [6.07, 6.45) is 1.75. The van der Waals surface area contributed by atoms with Gasteiger partial charge in [0.25, 0.3) is 0 Å². The van der Waals surface area contributed by atoms with Gasteiger partial charge in [0.2, 0.25) is 11.9 Å². The van der Waals surface area contributed by atoms with Crippen LogP contribution < -0.4 is 15.4 Å². The van der Waals surface area contributed by atoms with Crippen molar-refractivity contribution in [1.29, 1.82) is 0 Å². The van der Waals surface area contributed by atoms with Crippen molar-refractivity contribution in [2.75, 3.05) is 17.7 Å². The van der Waals surface area contributed by atoms with Crippen LogP contribution in [0.1, 0.15) is 39.3 Å². The normalized spacial score (nSPS) is 11.2. The molecular formula is C20H26N6O2. The van der Waals surface area contributed by atoms with Gasteiger partial charge in [0, 0.05) is 18.5 Å². The highest BCUT2D eigenvalue weighted by molar-refractivity contribution is 5.92. The number of benzene rings is 1. The van der Waals surface area contributed by atoms with Gasteiger partial charge in [0.05, 0.1) is 13.4 Å². The van der Waals surface area contributed by atoms with Gasteiger partial charge in [-0.25, -0.2) is 4.98 Å². The van der Waals surface area contributed by atoms with Crippen LogP contribution in [-0.4, -0.2) is 32.5 Å². The zero-order valence-corrected chi connectivity index (χ0v) is 16.9. The van der Waals surface area contributed by atoms with E-state index in [1.807, 2.05) is 42.7 Å². The van der Waals surface area contributed by atoms with Gasteiger partial charge in [0.15, 0.2) is 17.0 Å². The lowest BCUT2D eigenvalue weighted by molar-refractivity contribution is -0.118. The summed E-state index contributed by atoms with van der Waals surface area (Å²) in [7, 11) is 1.64. The number of nitrogens with one attached hydrogen (secondary N) is 2. The van der Waals surface area contributed by atoms with E-state index in [-0.39, 0.29) is 23.8 Å². The third-order valence-electron chi connectivity index (χ3n) is 4.36. The SMILES string of the molecule is COc1ccc(CNc2nc(NC(=O)C(C)C)nc3c2ncn3C(C)C)cc1. The molecule has 8 heteroatoms. The van der Waals surface area contributed by atoms with Crippen molar-refractivity contribution in [3.8, 4) is 5.75 Å². The molecule has 0 fully saturated rings. The summed E-state index contributed by atoms with van der Waals surface area (Å²) in [5.41, 5.74) is 2.43. The van der Waals surface area contributed by atoms with E-state index in [1.54, 1.807) is 13.4 Å². The summed E-state index contributed by atoms with van der Waals surface area (Å²) in [4.78, 5) is 25.6. The molecule has 3 rings (SSSR count). The number of carbonyl (C=O) groups is 1. The minimum atomic E-state index is -0.162. The molecule has 0 saturated heterocycles. The predicted octanol–water partition coefficient (Wildman–Crippen LogP) is 3.62. The molecular weight excluding hydrogens is 356 g/mol. The molecule has 0 saturated carbocycles. The fraction of sp³-hybridized carbons (Fsp3) is 0.400. The summed E-state index contributed by atoms with van der Waals surface area (Å²) in [5, 5.41) is 6.10. The lowest BCUT2D eigenvalue weighted by Gasteiger charge is -2.12. The molecule has 1 amide bonds. The minimum Gasteiger partial charge on any atom is -0.497 e. The Morgan fingerprint density at radius 3 is 2.46 bits per heavy atom. The largest absolute Gasteiger partial charge is 0.497 e. The van der Waals surface area contributed by atoms with Crippen LogP contribution in [0.3, 0.4) is 0 Å². The van der Waals surface area contributed by atoms with Crippen molar-refractivity contribution in [2.24, 2.45) is 5.92 Å². The highest BCUT2D eigenvalue weighted by Crippen LogP contribution is 2.24. The van der Waals surface area contributed by atoms with Crippen molar-refractivity contribution in [3.05, 3.63) is 36.2 Å². The molecule has 8 nitrogen and oxygen atoms in total. The number of fused-ring (bicyclic) bond motifs is 1. The van der Waals surface area contributed by atoms with Gasteiger partial charge >= 0.3 is 0 Å². The van der Waals surface area contributed by atoms with Gasteiger partial charge in [-0.3, -0.25) is 10.1 Å². The van der Waals surface area contributed by atoms with Crippen LogP contribution >= 0.6 is 0 Å². The second-order valence-electron chi connectivity index (χ2n) is 7.16. The first-order valence-corrected chi connectivity index (χ1v) is 9.31. The van der Waals surface area contributed by atoms with Gasteiger partial charge in [-0.05, 0) is 31.5 Å². The van der Waals surface area contributed by atoms with E-state index in [0.717, 1.165) is 11.3 Å². The second kappa shape index (κ2) is 8.24. The van der Waals surface area contributed by atoms with Crippen LogP contribution in [0.2, 0.25) is 0 Å². The van der Waals surface area contributed by atoms with Crippen LogP contribution in [0.15, 0.2) is 30.6 Å². The number of carbonyl (C=O) groups excluding carboxylic acids is 1. The molecule has 0 unspecified atom stereocenters. The van der Waals surface area contributed by atoms with E-state index in [2.05, 4.69) is 39.4 Å². The van der Waals surface area contributed by atoms with Gasteiger partial charge < -0.3 is 14.6 Å². The summed E-state index contributed by atoms with van der Waals surface area (Å²) in [6, 6.07) is 7.97. The maximum atomic E-state index is 12.1. The first-order valence-electron chi connectivity index (χ1n) is 9.31. The molecule has 0 bridgehead atoms. The molecule has 3 aromatic rings. The number of anilines is 2. The Bertz CT molecular complexity index is 963. The van der Waals surface area contributed by atoms with E-state index in [9.17, 15) is 4.79 Å². The number of nitrogens with zero attached hydrogens (tertiary/aromatic N) is 4. The van der Waals surface area contributed by atoms with Gasteiger partial charge in [-0.2, -0.15) is 9.97 Å². The first kappa shape index (κ1) is 19.6. The summed E-state index contributed by atoms with van der Waals surface area (Å²) in [6.45, 7) is 8.33. The molecule has 28 heavy (non-hydrogen) atoms. The van der Waals surface area contributed by atoms with Crippen molar-refractivity contribution >= 4 is 28.8 Å². The summed E-state index contributed by atoms with van der Waals surface area (Å²) >= 11 is 0. The molecule has 0 radical (unpaired) electrons. The highest BCUT2D eigenvalue weighted by Gasteiger charge is 2.17. The minimum absolute atomic E-state index is 0.129. The number of hydrogen-bond donors (Lipinski definition) is 2. The molecule has 0 aliphatic heterocycles. The number of ether oxygens (including phenoxy) is 1. The Labute approximate surface area is 164 Å². The Kier molecular flexibility index (Phi) is 5.77. The highest BCUT2D eigenvalue weighted by atomic mass is 16.5. The van der Waals surface area contributed by atoms with Crippen molar-refractivity contribution in [2.45, 2.75) is 40.3 Å². The lowest BCUT2D eigenvalue weighted by Crippen LogP contribution is -2.20. The Balaban J connectivity index is 1.93. The number of rotatable bonds is 7. The molecule has 0 spiro atoms. The number of aromatic nitrogens is 4. The molecule has 148 valence electrons. The summed E-state index contributed by atoms with van der Waals surface area (Å²) in [5.74, 6) is 1.37. The maximum absolute atomic E-state index is 12.1. The zero-order chi connectivity index (χ0) is 20.3. The third kappa shape index (κ3) is 4.21. The fourth-order valence-electron chi connectivity index (χ4n) is 2.66. The Morgan fingerprint density at radius 1 is 1.14 bits per heavy atom. The van der Waals surface area contributed by atoms with Crippen molar-refractivity contribution in [3.63, 3.8) is 0 Å². The van der Waals surface area contributed by atoms with E-state index in [0.29, 0.717) is 23.5 Å². The fourth-order valence-corrected chi connectivity index (χ4v) is 2.66. The van der Waals surface area contributed by atoms with E-state index >= 15 is 0 Å². The van der Waals surface area contributed by atoms with Crippen molar-refractivity contribution < 1.29 is 9.53 Å². The van der Waals surface area contributed by atoms with E-state index in [4.69, 9.17) is 4.74 Å². The van der Waals surface area contributed by atoms with Crippen LogP contribution in [0.5, 0.6) is 5.75 Å². The zero-order valence-electron chi connectivity index (χ0n) is 16.9. The molecule has 0 aliphatic carbocycles. The molecule has 1 aromatic carbocycles. The monoisotopic (exact) mass is 382 g/mol. The van der Waals surface area contributed by atoms with Gasteiger partial charge in [0.1, 0.15) is 5.75 Å². The molecule has 2 heterocycles. The van der Waals surface area contributed by atoms with Crippen LogP contribution in [0.4, 0.5) is 11.8 Å². The summed E-state index contributed by atoms with van der Waals surface area (Å²) < 4.78 is 7.15.